The summed E-state index contributed by atoms with van der Waals surface area (Å²) >= 11 is 5.60. The SMILES string of the molecule is C=[C]c1cc(O)cc(Cl)c1. The molecular weight excluding hydrogens is 148 g/mol. The largest absolute Gasteiger partial charge is 0.508 e. The first kappa shape index (κ1) is 7.16. The van der Waals surface area contributed by atoms with Gasteiger partial charge in [0.25, 0.3) is 0 Å². The van der Waals surface area contributed by atoms with Crippen molar-refractivity contribution in [3.8, 4) is 5.75 Å². The van der Waals surface area contributed by atoms with Crippen LogP contribution in [0.3, 0.4) is 0 Å². The van der Waals surface area contributed by atoms with E-state index in [1.165, 1.54) is 6.07 Å². The van der Waals surface area contributed by atoms with Gasteiger partial charge in [0.1, 0.15) is 5.75 Å². The third kappa shape index (κ3) is 1.52. The average molecular weight is 154 g/mol. The average Bonchev–Trinajstić information content (AvgIpc) is 1.85. The number of hydrogen-bond donors (Lipinski definition) is 1. The smallest absolute Gasteiger partial charge is 0.117 e. The van der Waals surface area contributed by atoms with E-state index in [0.717, 1.165) is 0 Å². The van der Waals surface area contributed by atoms with Gasteiger partial charge in [0, 0.05) is 5.02 Å². The summed E-state index contributed by atoms with van der Waals surface area (Å²) in [5.41, 5.74) is 0.699. The van der Waals surface area contributed by atoms with Crippen LogP contribution >= 0.6 is 11.6 Å². The Morgan fingerprint density at radius 2 is 2.10 bits per heavy atom. The Morgan fingerprint density at radius 3 is 2.60 bits per heavy atom. The molecule has 51 valence electrons. The predicted molar refractivity (Wildman–Crippen MR) is 41.1 cm³/mol. The van der Waals surface area contributed by atoms with Crippen LogP contribution in [0.15, 0.2) is 24.8 Å². The number of aromatic hydroxyl groups is 1. The van der Waals surface area contributed by atoms with Crippen molar-refractivity contribution >= 4 is 11.6 Å². The van der Waals surface area contributed by atoms with Crippen molar-refractivity contribution in [2.75, 3.05) is 0 Å². The number of rotatable bonds is 1. The Hall–Kier alpha value is -0.950. The van der Waals surface area contributed by atoms with E-state index in [1.54, 1.807) is 12.1 Å². The predicted octanol–water partition coefficient (Wildman–Crippen LogP) is 2.38. The first-order valence-corrected chi connectivity index (χ1v) is 3.13. The summed E-state index contributed by atoms with van der Waals surface area (Å²) in [4.78, 5) is 0. The highest BCUT2D eigenvalue weighted by atomic mass is 35.5. The van der Waals surface area contributed by atoms with E-state index in [2.05, 4.69) is 12.7 Å². The van der Waals surface area contributed by atoms with Gasteiger partial charge in [-0.25, -0.2) is 0 Å². The summed E-state index contributed by atoms with van der Waals surface area (Å²) in [6, 6.07) is 4.68. The van der Waals surface area contributed by atoms with Gasteiger partial charge in [-0.15, -0.1) is 0 Å². The topological polar surface area (TPSA) is 20.2 Å². The second-order valence-corrected chi connectivity index (χ2v) is 2.31. The lowest BCUT2D eigenvalue weighted by atomic mass is 10.2. The fraction of sp³-hybridized carbons (Fsp3) is 0. The lowest BCUT2D eigenvalue weighted by Gasteiger charge is -1.94. The molecule has 1 aromatic carbocycles. The Labute approximate surface area is 64.6 Å². The fourth-order valence-corrected chi connectivity index (χ4v) is 0.906. The zero-order valence-corrected chi connectivity index (χ0v) is 6.02. The van der Waals surface area contributed by atoms with Crippen molar-refractivity contribution in [1.82, 2.24) is 0 Å². The van der Waals surface area contributed by atoms with Gasteiger partial charge < -0.3 is 5.11 Å². The third-order valence-electron chi connectivity index (χ3n) is 1.09. The number of halogens is 1. The summed E-state index contributed by atoms with van der Waals surface area (Å²) in [6.07, 6.45) is 2.61. The lowest BCUT2D eigenvalue weighted by molar-refractivity contribution is 0.475. The van der Waals surface area contributed by atoms with E-state index < -0.39 is 0 Å². The molecule has 0 saturated heterocycles. The normalized spacial score (nSPS) is 9.30. The Bertz CT molecular complexity index is 235. The molecule has 0 aliphatic heterocycles. The first-order chi connectivity index (χ1) is 4.72. The van der Waals surface area contributed by atoms with E-state index in [0.29, 0.717) is 10.6 Å². The molecule has 0 unspecified atom stereocenters. The molecule has 0 spiro atoms. The van der Waals surface area contributed by atoms with Crippen LogP contribution in [0.1, 0.15) is 5.56 Å². The molecule has 2 heteroatoms. The monoisotopic (exact) mass is 153 g/mol. The summed E-state index contributed by atoms with van der Waals surface area (Å²) < 4.78 is 0. The van der Waals surface area contributed by atoms with Crippen molar-refractivity contribution in [1.29, 1.82) is 0 Å². The summed E-state index contributed by atoms with van der Waals surface area (Å²) in [5.74, 6) is 0.138. The molecule has 0 atom stereocenters. The molecule has 0 amide bonds. The third-order valence-corrected chi connectivity index (χ3v) is 1.30. The molecule has 0 aromatic heterocycles. The number of benzene rings is 1. The van der Waals surface area contributed by atoms with Gasteiger partial charge in [-0.1, -0.05) is 18.2 Å². The molecule has 0 aliphatic rings. The highest BCUT2D eigenvalue weighted by molar-refractivity contribution is 6.30. The van der Waals surface area contributed by atoms with Crippen LogP contribution in [-0.4, -0.2) is 5.11 Å². The maximum absolute atomic E-state index is 8.97. The van der Waals surface area contributed by atoms with Gasteiger partial charge in [0.05, 0.1) is 0 Å². The molecule has 1 aromatic rings. The van der Waals surface area contributed by atoms with Gasteiger partial charge in [0.2, 0.25) is 0 Å². The number of phenols is 1. The molecule has 1 radical (unpaired) electrons. The Balaban J connectivity index is 3.18. The molecule has 1 rings (SSSR count). The Morgan fingerprint density at radius 1 is 1.40 bits per heavy atom. The van der Waals surface area contributed by atoms with Crippen molar-refractivity contribution in [3.05, 3.63) is 41.4 Å². The van der Waals surface area contributed by atoms with Crippen molar-refractivity contribution in [2.24, 2.45) is 0 Å². The zero-order valence-electron chi connectivity index (χ0n) is 5.26. The van der Waals surface area contributed by atoms with Crippen molar-refractivity contribution in [3.63, 3.8) is 0 Å². The fourth-order valence-electron chi connectivity index (χ4n) is 0.676. The standard InChI is InChI=1S/C8H6ClO/c1-2-6-3-7(9)5-8(10)4-6/h3-5,10H,1H2. The zero-order chi connectivity index (χ0) is 7.56. The molecule has 0 bridgehead atoms. The van der Waals surface area contributed by atoms with E-state index in [9.17, 15) is 0 Å². The highest BCUT2D eigenvalue weighted by Crippen LogP contribution is 2.19. The van der Waals surface area contributed by atoms with E-state index in [4.69, 9.17) is 16.7 Å². The Kier molecular flexibility index (Phi) is 1.97. The first-order valence-electron chi connectivity index (χ1n) is 2.75. The van der Waals surface area contributed by atoms with Gasteiger partial charge in [0.15, 0.2) is 0 Å². The number of hydrogen-bond acceptors (Lipinski definition) is 1. The minimum Gasteiger partial charge on any atom is -0.508 e. The minimum atomic E-state index is 0.138. The van der Waals surface area contributed by atoms with E-state index >= 15 is 0 Å². The van der Waals surface area contributed by atoms with Crippen LogP contribution in [0.4, 0.5) is 0 Å². The molecule has 0 aliphatic carbocycles. The van der Waals surface area contributed by atoms with Crippen LogP contribution in [0.25, 0.3) is 0 Å². The summed E-state index contributed by atoms with van der Waals surface area (Å²) in [6.45, 7) is 3.42. The maximum Gasteiger partial charge on any atom is 0.117 e. The van der Waals surface area contributed by atoms with E-state index in [-0.39, 0.29) is 5.75 Å². The molecule has 1 N–H and O–H groups in total. The van der Waals surface area contributed by atoms with E-state index in [1.807, 2.05) is 0 Å². The minimum absolute atomic E-state index is 0.138. The molecule has 0 fully saturated rings. The molecule has 10 heavy (non-hydrogen) atoms. The van der Waals surface area contributed by atoms with Crippen LogP contribution in [-0.2, 0) is 0 Å². The highest BCUT2D eigenvalue weighted by Gasteiger charge is 1.93. The number of phenolic OH excluding ortho intramolecular Hbond substituents is 1. The molecule has 0 heterocycles. The summed E-state index contributed by atoms with van der Waals surface area (Å²) in [5, 5.41) is 9.46. The second kappa shape index (κ2) is 2.76. The molecular formula is C8H6ClO. The maximum atomic E-state index is 8.97. The van der Waals surface area contributed by atoms with Crippen LogP contribution in [0, 0.1) is 6.08 Å². The van der Waals surface area contributed by atoms with Gasteiger partial charge in [-0.2, -0.15) is 0 Å². The second-order valence-electron chi connectivity index (χ2n) is 1.87. The van der Waals surface area contributed by atoms with Gasteiger partial charge in [-0.3, -0.25) is 0 Å². The molecule has 0 saturated carbocycles. The van der Waals surface area contributed by atoms with Gasteiger partial charge >= 0.3 is 0 Å². The summed E-state index contributed by atoms with van der Waals surface area (Å²) in [7, 11) is 0. The van der Waals surface area contributed by atoms with Crippen LogP contribution in [0.5, 0.6) is 5.75 Å². The molecule has 1 nitrogen and oxygen atoms in total. The quantitative estimate of drug-likeness (QED) is 0.657. The lowest BCUT2D eigenvalue weighted by Crippen LogP contribution is -1.72. The van der Waals surface area contributed by atoms with Crippen LogP contribution in [0.2, 0.25) is 5.02 Å². The van der Waals surface area contributed by atoms with Gasteiger partial charge in [-0.05, 0) is 29.8 Å². The van der Waals surface area contributed by atoms with Crippen LogP contribution < -0.4 is 0 Å². The van der Waals surface area contributed by atoms with Crippen molar-refractivity contribution in [2.45, 2.75) is 0 Å². The van der Waals surface area contributed by atoms with Crippen molar-refractivity contribution < 1.29 is 5.11 Å².